The van der Waals surface area contributed by atoms with Gasteiger partial charge in [0.15, 0.2) is 0 Å². The second kappa shape index (κ2) is 4.73. The lowest BCUT2D eigenvalue weighted by Crippen LogP contribution is -2.31. The largest absolute Gasteiger partial charge is 0.330 e. The molecule has 0 radical (unpaired) electrons. The normalized spacial score (nSPS) is 28.7. The van der Waals surface area contributed by atoms with Crippen molar-refractivity contribution in [3.05, 3.63) is 30.6 Å². The van der Waals surface area contributed by atoms with Gasteiger partial charge in [0.05, 0.1) is 17.4 Å². The molecule has 1 saturated carbocycles. The van der Waals surface area contributed by atoms with Gasteiger partial charge in [-0.3, -0.25) is 0 Å². The zero-order chi connectivity index (χ0) is 12.5. The first-order valence-electron chi connectivity index (χ1n) is 6.91. The average molecular weight is 243 g/mol. The molecule has 0 amide bonds. The van der Waals surface area contributed by atoms with E-state index in [9.17, 15) is 0 Å². The average Bonchev–Trinajstić information content (AvgIpc) is 2.82. The molecular formula is C15H21N3. The van der Waals surface area contributed by atoms with Crippen molar-refractivity contribution in [1.29, 1.82) is 0 Å². The van der Waals surface area contributed by atoms with Crippen LogP contribution in [0.2, 0.25) is 0 Å². The summed E-state index contributed by atoms with van der Waals surface area (Å²) >= 11 is 0. The Hall–Kier alpha value is -1.35. The van der Waals surface area contributed by atoms with Crippen LogP contribution in [0.25, 0.3) is 11.0 Å². The molecule has 3 rings (SSSR count). The molecule has 18 heavy (non-hydrogen) atoms. The summed E-state index contributed by atoms with van der Waals surface area (Å²) in [5.41, 5.74) is 8.29. The van der Waals surface area contributed by atoms with Gasteiger partial charge in [-0.1, -0.05) is 25.5 Å². The molecule has 96 valence electrons. The quantitative estimate of drug-likeness (QED) is 0.881. The molecule has 1 aromatic carbocycles. The zero-order valence-electron chi connectivity index (χ0n) is 10.9. The number of benzene rings is 1. The Labute approximate surface area is 108 Å². The third-order valence-corrected chi connectivity index (χ3v) is 4.36. The molecule has 3 unspecified atom stereocenters. The van der Waals surface area contributed by atoms with Crippen LogP contribution in [0.15, 0.2) is 30.6 Å². The van der Waals surface area contributed by atoms with Crippen LogP contribution >= 0.6 is 0 Å². The summed E-state index contributed by atoms with van der Waals surface area (Å²) in [6.07, 6.45) is 5.78. The second-order valence-corrected chi connectivity index (χ2v) is 5.62. The van der Waals surface area contributed by atoms with Gasteiger partial charge in [0, 0.05) is 6.04 Å². The molecular weight excluding hydrogens is 222 g/mol. The second-order valence-electron chi connectivity index (χ2n) is 5.62. The molecule has 3 heteroatoms. The van der Waals surface area contributed by atoms with Crippen LogP contribution < -0.4 is 5.73 Å². The highest BCUT2D eigenvalue weighted by molar-refractivity contribution is 5.75. The predicted octanol–water partition coefficient (Wildman–Crippen LogP) is 2.97. The molecule has 2 N–H and O–H groups in total. The predicted molar refractivity (Wildman–Crippen MR) is 74.3 cm³/mol. The van der Waals surface area contributed by atoms with Crippen LogP contribution in [0.4, 0.5) is 0 Å². The number of aromatic nitrogens is 2. The number of nitrogens with two attached hydrogens (primary N) is 1. The highest BCUT2D eigenvalue weighted by Gasteiger charge is 2.29. The Morgan fingerprint density at radius 1 is 1.33 bits per heavy atom. The van der Waals surface area contributed by atoms with E-state index < -0.39 is 0 Å². The molecule has 0 spiro atoms. The molecule has 1 heterocycles. The van der Waals surface area contributed by atoms with Crippen LogP contribution in [0.1, 0.15) is 32.2 Å². The van der Waals surface area contributed by atoms with Gasteiger partial charge in [-0.25, -0.2) is 4.98 Å². The van der Waals surface area contributed by atoms with Gasteiger partial charge in [-0.05, 0) is 43.4 Å². The van der Waals surface area contributed by atoms with Crippen molar-refractivity contribution in [2.24, 2.45) is 17.6 Å². The van der Waals surface area contributed by atoms with E-state index in [1.54, 1.807) is 0 Å². The van der Waals surface area contributed by atoms with Gasteiger partial charge >= 0.3 is 0 Å². The summed E-state index contributed by atoms with van der Waals surface area (Å²) in [5.74, 6) is 1.39. The fourth-order valence-corrected chi connectivity index (χ4v) is 3.27. The molecule has 0 bridgehead atoms. The Morgan fingerprint density at radius 2 is 2.17 bits per heavy atom. The van der Waals surface area contributed by atoms with Gasteiger partial charge in [0.25, 0.3) is 0 Å². The summed E-state index contributed by atoms with van der Waals surface area (Å²) in [4.78, 5) is 4.51. The van der Waals surface area contributed by atoms with Crippen LogP contribution in [-0.2, 0) is 0 Å². The van der Waals surface area contributed by atoms with Crippen LogP contribution in [0.3, 0.4) is 0 Å². The lowest BCUT2D eigenvalue weighted by atomic mass is 9.79. The minimum atomic E-state index is 0.520. The third-order valence-electron chi connectivity index (χ3n) is 4.36. The summed E-state index contributed by atoms with van der Waals surface area (Å²) in [7, 11) is 0. The number of hydrogen-bond donors (Lipinski definition) is 1. The summed E-state index contributed by atoms with van der Waals surface area (Å²) in [6.45, 7) is 3.13. The van der Waals surface area contributed by atoms with Gasteiger partial charge in [0.2, 0.25) is 0 Å². The Balaban J connectivity index is 2.01. The van der Waals surface area contributed by atoms with E-state index in [2.05, 4.69) is 34.7 Å². The van der Waals surface area contributed by atoms with Crippen molar-refractivity contribution in [2.75, 3.05) is 6.54 Å². The van der Waals surface area contributed by atoms with Crippen molar-refractivity contribution in [1.82, 2.24) is 9.55 Å². The molecule has 2 aromatic rings. The molecule has 1 fully saturated rings. The maximum atomic E-state index is 5.96. The Morgan fingerprint density at radius 3 is 3.00 bits per heavy atom. The summed E-state index contributed by atoms with van der Waals surface area (Å²) in [6, 6.07) is 8.89. The number of imidazole rings is 1. The van der Waals surface area contributed by atoms with Crippen molar-refractivity contribution in [3.8, 4) is 0 Å². The third kappa shape index (κ3) is 1.93. The van der Waals surface area contributed by atoms with E-state index in [1.165, 1.54) is 24.8 Å². The molecule has 0 aliphatic heterocycles. The molecule has 3 atom stereocenters. The van der Waals surface area contributed by atoms with Gasteiger partial charge in [-0.2, -0.15) is 0 Å². The van der Waals surface area contributed by atoms with E-state index in [4.69, 9.17) is 5.73 Å². The number of rotatable bonds is 2. The van der Waals surface area contributed by atoms with Crippen molar-refractivity contribution >= 4 is 11.0 Å². The monoisotopic (exact) mass is 243 g/mol. The topological polar surface area (TPSA) is 43.8 Å². The zero-order valence-corrected chi connectivity index (χ0v) is 10.9. The summed E-state index contributed by atoms with van der Waals surface area (Å²) in [5, 5.41) is 0. The van der Waals surface area contributed by atoms with Crippen molar-refractivity contribution < 1.29 is 0 Å². The van der Waals surface area contributed by atoms with Gasteiger partial charge < -0.3 is 10.3 Å². The maximum absolute atomic E-state index is 5.96. The first-order valence-corrected chi connectivity index (χ1v) is 6.91. The van der Waals surface area contributed by atoms with Crippen LogP contribution in [0.5, 0.6) is 0 Å². The molecule has 1 aromatic heterocycles. The maximum Gasteiger partial charge on any atom is 0.0961 e. The highest BCUT2D eigenvalue weighted by atomic mass is 15.1. The number of para-hydroxylation sites is 2. The van der Waals surface area contributed by atoms with E-state index in [1.807, 2.05) is 12.4 Å². The van der Waals surface area contributed by atoms with Crippen LogP contribution in [-0.4, -0.2) is 16.1 Å². The number of nitrogens with zero attached hydrogens (tertiary/aromatic N) is 2. The standard InChI is InChI=1S/C15H21N3/c1-11-6-7-12(9-16)15(8-11)18-10-17-13-4-2-3-5-14(13)18/h2-5,10-12,15H,6-9,16H2,1H3. The fourth-order valence-electron chi connectivity index (χ4n) is 3.27. The van der Waals surface area contributed by atoms with E-state index in [0.717, 1.165) is 18.0 Å². The number of fused-ring (bicyclic) bond motifs is 1. The molecule has 1 aliphatic rings. The van der Waals surface area contributed by atoms with E-state index >= 15 is 0 Å². The number of hydrogen-bond acceptors (Lipinski definition) is 2. The van der Waals surface area contributed by atoms with Crippen molar-refractivity contribution in [3.63, 3.8) is 0 Å². The van der Waals surface area contributed by atoms with Crippen molar-refractivity contribution in [2.45, 2.75) is 32.2 Å². The first-order chi connectivity index (χ1) is 8.79. The molecule has 1 aliphatic carbocycles. The molecule has 3 nitrogen and oxygen atoms in total. The Kier molecular flexibility index (Phi) is 3.08. The van der Waals surface area contributed by atoms with Crippen LogP contribution in [0, 0.1) is 11.8 Å². The lowest BCUT2D eigenvalue weighted by molar-refractivity contribution is 0.201. The highest BCUT2D eigenvalue weighted by Crippen LogP contribution is 2.37. The summed E-state index contributed by atoms with van der Waals surface area (Å²) < 4.78 is 2.35. The Bertz CT molecular complexity index is 531. The van der Waals surface area contributed by atoms with E-state index in [-0.39, 0.29) is 0 Å². The smallest absolute Gasteiger partial charge is 0.0961 e. The minimum Gasteiger partial charge on any atom is -0.330 e. The first kappa shape index (κ1) is 11.7. The van der Waals surface area contributed by atoms with Gasteiger partial charge in [-0.15, -0.1) is 0 Å². The van der Waals surface area contributed by atoms with E-state index in [0.29, 0.717) is 12.0 Å². The SMILES string of the molecule is CC1CCC(CN)C(n2cnc3ccccc32)C1. The fraction of sp³-hybridized carbons (Fsp3) is 0.533. The van der Waals surface area contributed by atoms with Gasteiger partial charge in [0.1, 0.15) is 0 Å². The molecule has 0 saturated heterocycles. The minimum absolute atomic E-state index is 0.520. The lowest BCUT2D eigenvalue weighted by Gasteiger charge is -2.35.